The predicted octanol–water partition coefficient (Wildman–Crippen LogP) is 2.67. The zero-order chi connectivity index (χ0) is 16.2. The second kappa shape index (κ2) is 6.60. The molecule has 3 N–H and O–H groups in total. The van der Waals surface area contributed by atoms with Crippen LogP contribution in [0.3, 0.4) is 0 Å². The van der Waals surface area contributed by atoms with Crippen LogP contribution in [-0.2, 0) is 11.2 Å². The van der Waals surface area contributed by atoms with E-state index < -0.39 is 0 Å². The summed E-state index contributed by atoms with van der Waals surface area (Å²) in [5.74, 6) is 0.690. The molecule has 0 aromatic heterocycles. The number of hydrogen-bond acceptors (Lipinski definition) is 4. The first kappa shape index (κ1) is 15.2. The molecule has 0 aliphatic carbocycles. The number of amides is 1. The van der Waals surface area contributed by atoms with Crippen LogP contribution in [0.15, 0.2) is 42.5 Å². The number of nitrogens with two attached hydrogens (primary N) is 1. The third-order valence-electron chi connectivity index (χ3n) is 3.92. The van der Waals surface area contributed by atoms with Crippen molar-refractivity contribution in [2.24, 2.45) is 0 Å². The van der Waals surface area contributed by atoms with Gasteiger partial charge in [-0.1, -0.05) is 19.1 Å². The van der Waals surface area contributed by atoms with Crippen molar-refractivity contribution in [3.8, 4) is 5.75 Å². The highest BCUT2D eigenvalue weighted by atomic mass is 16.5. The van der Waals surface area contributed by atoms with Crippen LogP contribution in [0.4, 0.5) is 17.1 Å². The lowest BCUT2D eigenvalue weighted by atomic mass is 10.1. The molecule has 1 heterocycles. The van der Waals surface area contributed by atoms with Gasteiger partial charge in [-0.2, -0.15) is 0 Å². The Morgan fingerprint density at radius 2 is 2.04 bits per heavy atom. The minimum Gasteiger partial charge on any atom is -0.489 e. The van der Waals surface area contributed by atoms with Gasteiger partial charge in [-0.25, -0.2) is 0 Å². The fraction of sp³-hybridized carbons (Fsp3) is 0.278. The molecule has 0 saturated heterocycles. The Bertz CT molecular complexity index is 698. The molecule has 1 aliphatic heterocycles. The van der Waals surface area contributed by atoms with Crippen molar-refractivity contribution in [2.45, 2.75) is 13.3 Å². The van der Waals surface area contributed by atoms with E-state index in [0.717, 1.165) is 23.5 Å². The van der Waals surface area contributed by atoms with E-state index in [2.05, 4.69) is 12.2 Å². The average Bonchev–Trinajstić information content (AvgIpc) is 2.55. The first-order valence-corrected chi connectivity index (χ1v) is 7.82. The Labute approximate surface area is 136 Å². The lowest BCUT2D eigenvalue weighted by molar-refractivity contribution is -0.115. The molecule has 0 unspecified atom stereocenters. The smallest absolute Gasteiger partial charge is 0.243 e. The molecule has 0 fully saturated rings. The third kappa shape index (κ3) is 3.56. The van der Waals surface area contributed by atoms with Crippen LogP contribution in [0, 0.1) is 0 Å². The summed E-state index contributed by atoms with van der Waals surface area (Å²) in [7, 11) is 0. The maximum atomic E-state index is 12.3. The van der Waals surface area contributed by atoms with Crippen molar-refractivity contribution in [1.29, 1.82) is 0 Å². The van der Waals surface area contributed by atoms with Gasteiger partial charge in [0.2, 0.25) is 5.91 Å². The van der Waals surface area contributed by atoms with E-state index in [9.17, 15) is 4.79 Å². The van der Waals surface area contributed by atoms with Gasteiger partial charge in [0.1, 0.15) is 12.4 Å². The van der Waals surface area contributed by atoms with Crippen LogP contribution in [0.25, 0.3) is 0 Å². The number of nitrogen functional groups attached to an aromatic ring is 1. The van der Waals surface area contributed by atoms with Crippen molar-refractivity contribution in [3.63, 3.8) is 0 Å². The highest BCUT2D eigenvalue weighted by Crippen LogP contribution is 2.33. The van der Waals surface area contributed by atoms with E-state index in [0.29, 0.717) is 18.8 Å². The number of hydrogen-bond donors (Lipinski definition) is 2. The summed E-state index contributed by atoms with van der Waals surface area (Å²) in [6.07, 6.45) is 0.988. The number of fused-ring (bicyclic) bond motifs is 1. The number of aryl methyl sites for hydroxylation is 1. The van der Waals surface area contributed by atoms with Gasteiger partial charge >= 0.3 is 0 Å². The van der Waals surface area contributed by atoms with E-state index in [1.807, 2.05) is 41.3 Å². The number of nitrogens with zero attached hydrogens (tertiary/aromatic N) is 1. The molecule has 120 valence electrons. The lowest BCUT2D eigenvalue weighted by Crippen LogP contribution is -2.38. The number of ether oxygens (including phenoxy) is 1. The molecule has 1 aliphatic rings. The fourth-order valence-corrected chi connectivity index (χ4v) is 2.66. The van der Waals surface area contributed by atoms with Crippen molar-refractivity contribution in [3.05, 3.63) is 48.0 Å². The van der Waals surface area contributed by atoms with Gasteiger partial charge in [0.15, 0.2) is 0 Å². The summed E-state index contributed by atoms with van der Waals surface area (Å²) in [6, 6.07) is 13.4. The Balaban J connectivity index is 1.66. The molecule has 23 heavy (non-hydrogen) atoms. The molecule has 0 spiro atoms. The zero-order valence-corrected chi connectivity index (χ0v) is 13.2. The summed E-state index contributed by atoms with van der Waals surface area (Å²) < 4.78 is 5.61. The second-order valence-electron chi connectivity index (χ2n) is 5.60. The standard InChI is InChI=1S/C18H21N3O2/c1-2-13-3-6-15(7-4-13)20-18(22)12-21-9-10-23-17-11-14(19)5-8-16(17)21/h3-8,11H,2,9-10,12,19H2,1H3,(H,20,22). The van der Waals surface area contributed by atoms with E-state index in [1.165, 1.54) is 5.56 Å². The largest absolute Gasteiger partial charge is 0.489 e. The van der Waals surface area contributed by atoms with Gasteiger partial charge in [-0.15, -0.1) is 0 Å². The number of rotatable bonds is 4. The van der Waals surface area contributed by atoms with Gasteiger partial charge < -0.3 is 20.7 Å². The van der Waals surface area contributed by atoms with Crippen LogP contribution in [0.2, 0.25) is 0 Å². The molecule has 2 aromatic carbocycles. The van der Waals surface area contributed by atoms with Crippen LogP contribution in [-0.4, -0.2) is 25.6 Å². The summed E-state index contributed by atoms with van der Waals surface area (Å²) in [6.45, 7) is 3.63. The Morgan fingerprint density at radius 3 is 2.78 bits per heavy atom. The molecule has 3 rings (SSSR count). The fourth-order valence-electron chi connectivity index (χ4n) is 2.66. The SMILES string of the molecule is CCc1ccc(NC(=O)CN2CCOc3cc(N)ccc32)cc1. The highest BCUT2D eigenvalue weighted by Gasteiger charge is 2.20. The molecule has 0 saturated carbocycles. The van der Waals surface area contributed by atoms with Crippen molar-refractivity contribution >= 4 is 23.0 Å². The average molecular weight is 311 g/mol. The Kier molecular flexibility index (Phi) is 4.37. The van der Waals surface area contributed by atoms with E-state index >= 15 is 0 Å². The Hall–Kier alpha value is -2.69. The van der Waals surface area contributed by atoms with Crippen LogP contribution >= 0.6 is 0 Å². The molecule has 5 heteroatoms. The Morgan fingerprint density at radius 1 is 1.26 bits per heavy atom. The monoisotopic (exact) mass is 311 g/mol. The lowest BCUT2D eigenvalue weighted by Gasteiger charge is -2.30. The molecule has 0 radical (unpaired) electrons. The van der Waals surface area contributed by atoms with Crippen LogP contribution in [0.1, 0.15) is 12.5 Å². The first-order chi connectivity index (χ1) is 11.2. The van der Waals surface area contributed by atoms with Crippen molar-refractivity contribution in [2.75, 3.05) is 35.6 Å². The van der Waals surface area contributed by atoms with E-state index in [1.54, 1.807) is 6.07 Å². The molecule has 0 atom stereocenters. The number of benzene rings is 2. The molecule has 2 aromatic rings. The maximum absolute atomic E-state index is 12.3. The van der Waals surface area contributed by atoms with Crippen molar-refractivity contribution in [1.82, 2.24) is 0 Å². The zero-order valence-electron chi connectivity index (χ0n) is 13.2. The highest BCUT2D eigenvalue weighted by molar-refractivity contribution is 5.94. The number of nitrogens with one attached hydrogen (secondary N) is 1. The van der Waals surface area contributed by atoms with Gasteiger partial charge in [-0.05, 0) is 36.2 Å². The first-order valence-electron chi connectivity index (χ1n) is 7.82. The van der Waals surface area contributed by atoms with E-state index in [4.69, 9.17) is 10.5 Å². The minimum atomic E-state index is -0.0427. The topological polar surface area (TPSA) is 67.6 Å². The summed E-state index contributed by atoms with van der Waals surface area (Å²) >= 11 is 0. The number of carbonyl (C=O) groups is 1. The predicted molar refractivity (Wildman–Crippen MR) is 93.0 cm³/mol. The molecular formula is C18H21N3O2. The summed E-state index contributed by atoms with van der Waals surface area (Å²) in [4.78, 5) is 14.3. The normalized spacial score (nSPS) is 13.2. The summed E-state index contributed by atoms with van der Waals surface area (Å²) in [5.41, 5.74) is 9.41. The van der Waals surface area contributed by atoms with Gasteiger partial charge in [0, 0.05) is 17.4 Å². The molecule has 0 bridgehead atoms. The molecule has 1 amide bonds. The third-order valence-corrected chi connectivity index (χ3v) is 3.92. The quantitative estimate of drug-likeness (QED) is 0.852. The minimum absolute atomic E-state index is 0.0427. The number of anilines is 3. The van der Waals surface area contributed by atoms with Crippen LogP contribution in [0.5, 0.6) is 5.75 Å². The molecule has 5 nitrogen and oxygen atoms in total. The van der Waals surface area contributed by atoms with E-state index in [-0.39, 0.29) is 12.5 Å². The molecular weight excluding hydrogens is 290 g/mol. The maximum Gasteiger partial charge on any atom is 0.243 e. The van der Waals surface area contributed by atoms with Gasteiger partial charge in [0.05, 0.1) is 18.8 Å². The van der Waals surface area contributed by atoms with Gasteiger partial charge in [-0.3, -0.25) is 4.79 Å². The second-order valence-corrected chi connectivity index (χ2v) is 5.60. The van der Waals surface area contributed by atoms with Crippen molar-refractivity contribution < 1.29 is 9.53 Å². The number of carbonyl (C=O) groups excluding carboxylic acids is 1. The van der Waals surface area contributed by atoms with Gasteiger partial charge in [0.25, 0.3) is 0 Å². The van der Waals surface area contributed by atoms with Crippen LogP contribution < -0.4 is 20.7 Å². The summed E-state index contributed by atoms with van der Waals surface area (Å²) in [5, 5.41) is 2.94.